The maximum atomic E-state index is 11.8. The molecule has 1 aromatic rings. The molecule has 0 saturated carbocycles. The molecule has 0 aromatic carbocycles. The lowest BCUT2D eigenvalue weighted by molar-refractivity contribution is 0.0920. The summed E-state index contributed by atoms with van der Waals surface area (Å²) in [7, 11) is 0. The summed E-state index contributed by atoms with van der Waals surface area (Å²) in [5.74, 6) is -0.0655. The van der Waals surface area contributed by atoms with E-state index in [1.165, 1.54) is 11.3 Å². The molecule has 0 aliphatic carbocycles. The van der Waals surface area contributed by atoms with Gasteiger partial charge >= 0.3 is 0 Å². The molecular formula is C10H15BrN2OS. The molecule has 3 nitrogen and oxygen atoms in total. The molecule has 15 heavy (non-hydrogen) atoms. The van der Waals surface area contributed by atoms with Crippen molar-refractivity contribution in [2.75, 3.05) is 6.54 Å². The maximum Gasteiger partial charge on any atom is 0.261 e. The lowest BCUT2D eigenvalue weighted by atomic mass is 10.1. The summed E-state index contributed by atoms with van der Waals surface area (Å²) in [5.41, 5.74) is 6.27. The molecule has 0 unspecified atom stereocenters. The fraction of sp³-hybridized carbons (Fsp3) is 0.500. The molecule has 0 bridgehead atoms. The van der Waals surface area contributed by atoms with Crippen LogP contribution in [0.15, 0.2) is 9.85 Å². The number of carbonyl (C=O) groups is 1. The number of thiophene rings is 1. The van der Waals surface area contributed by atoms with Crippen LogP contribution in [0.4, 0.5) is 0 Å². The topological polar surface area (TPSA) is 55.1 Å². The molecule has 0 saturated heterocycles. The van der Waals surface area contributed by atoms with Crippen LogP contribution in [0.5, 0.6) is 0 Å². The minimum atomic E-state index is -0.360. The van der Waals surface area contributed by atoms with Crippen molar-refractivity contribution in [3.8, 4) is 0 Å². The van der Waals surface area contributed by atoms with Crippen molar-refractivity contribution in [2.45, 2.75) is 26.3 Å². The highest BCUT2D eigenvalue weighted by Crippen LogP contribution is 2.27. The van der Waals surface area contributed by atoms with Crippen molar-refractivity contribution in [1.29, 1.82) is 0 Å². The minimum absolute atomic E-state index is 0.0655. The van der Waals surface area contributed by atoms with Gasteiger partial charge in [-0.3, -0.25) is 4.79 Å². The number of halogens is 1. The highest BCUT2D eigenvalue weighted by atomic mass is 79.9. The van der Waals surface area contributed by atoms with E-state index in [2.05, 4.69) is 21.2 Å². The molecule has 5 heteroatoms. The van der Waals surface area contributed by atoms with Gasteiger partial charge in [-0.25, -0.2) is 0 Å². The standard InChI is InChI=1S/C10H15BrN2OS/c1-6-4-7(15-8(6)11)9(14)13-10(2,3)5-12/h4H,5,12H2,1-3H3,(H,13,14). The van der Waals surface area contributed by atoms with Crippen LogP contribution in [0.1, 0.15) is 29.1 Å². The third kappa shape index (κ3) is 3.29. The molecule has 0 atom stereocenters. The van der Waals surface area contributed by atoms with Gasteiger partial charge in [-0.05, 0) is 48.3 Å². The molecular weight excluding hydrogens is 276 g/mol. The van der Waals surface area contributed by atoms with Gasteiger partial charge in [-0.1, -0.05) is 0 Å². The predicted octanol–water partition coefficient (Wildman–Crippen LogP) is 2.29. The van der Waals surface area contributed by atoms with Gasteiger partial charge in [0.05, 0.1) is 8.66 Å². The first-order chi connectivity index (χ1) is 6.85. The van der Waals surface area contributed by atoms with Crippen LogP contribution in [0.2, 0.25) is 0 Å². The number of carbonyl (C=O) groups excluding carboxylic acids is 1. The van der Waals surface area contributed by atoms with Gasteiger partial charge in [0.15, 0.2) is 0 Å². The van der Waals surface area contributed by atoms with E-state index < -0.39 is 0 Å². The Hall–Kier alpha value is -0.390. The van der Waals surface area contributed by atoms with Crippen molar-refractivity contribution in [3.05, 3.63) is 20.3 Å². The summed E-state index contributed by atoms with van der Waals surface area (Å²) >= 11 is 4.83. The van der Waals surface area contributed by atoms with Crippen molar-refractivity contribution in [3.63, 3.8) is 0 Å². The molecule has 84 valence electrons. The first kappa shape index (κ1) is 12.7. The molecule has 1 heterocycles. The molecule has 1 aromatic heterocycles. The lowest BCUT2D eigenvalue weighted by Crippen LogP contribution is -2.48. The highest BCUT2D eigenvalue weighted by Gasteiger charge is 2.20. The maximum absolute atomic E-state index is 11.8. The van der Waals surface area contributed by atoms with Crippen molar-refractivity contribution in [2.24, 2.45) is 5.73 Å². The first-order valence-electron chi connectivity index (χ1n) is 4.64. The lowest BCUT2D eigenvalue weighted by Gasteiger charge is -2.23. The molecule has 0 fully saturated rings. The molecule has 3 N–H and O–H groups in total. The largest absolute Gasteiger partial charge is 0.345 e. The van der Waals surface area contributed by atoms with Gasteiger partial charge in [0.2, 0.25) is 0 Å². The van der Waals surface area contributed by atoms with Crippen LogP contribution in [-0.4, -0.2) is 18.0 Å². The average Bonchev–Trinajstić information content (AvgIpc) is 2.47. The van der Waals surface area contributed by atoms with E-state index in [0.717, 1.165) is 9.35 Å². The zero-order chi connectivity index (χ0) is 11.6. The van der Waals surface area contributed by atoms with Crippen LogP contribution in [0.25, 0.3) is 0 Å². The Morgan fingerprint density at radius 1 is 1.67 bits per heavy atom. The van der Waals surface area contributed by atoms with E-state index in [1.807, 2.05) is 26.8 Å². The number of amides is 1. The normalized spacial score (nSPS) is 11.5. The summed E-state index contributed by atoms with van der Waals surface area (Å²) in [6.45, 7) is 6.19. The SMILES string of the molecule is Cc1cc(C(=O)NC(C)(C)CN)sc1Br. The Bertz CT molecular complexity index is 354. The zero-order valence-corrected chi connectivity index (χ0v) is 11.5. The minimum Gasteiger partial charge on any atom is -0.345 e. The second-order valence-corrected chi connectivity index (χ2v) is 6.48. The van der Waals surface area contributed by atoms with Crippen molar-refractivity contribution >= 4 is 33.2 Å². The molecule has 1 amide bonds. The van der Waals surface area contributed by atoms with E-state index in [-0.39, 0.29) is 11.4 Å². The number of aryl methyl sites for hydroxylation is 1. The Morgan fingerprint density at radius 2 is 2.27 bits per heavy atom. The zero-order valence-electron chi connectivity index (χ0n) is 9.06. The van der Waals surface area contributed by atoms with Gasteiger partial charge in [0.25, 0.3) is 5.91 Å². The summed E-state index contributed by atoms with van der Waals surface area (Å²) in [5, 5.41) is 2.89. The predicted molar refractivity (Wildman–Crippen MR) is 67.4 cm³/mol. The molecule has 1 rings (SSSR count). The van der Waals surface area contributed by atoms with E-state index >= 15 is 0 Å². The second kappa shape index (κ2) is 4.63. The molecule has 0 radical (unpaired) electrons. The van der Waals surface area contributed by atoms with Gasteiger partial charge in [-0.2, -0.15) is 0 Å². The Balaban J connectivity index is 2.78. The van der Waals surface area contributed by atoms with Gasteiger partial charge in [0.1, 0.15) is 0 Å². The van der Waals surface area contributed by atoms with Gasteiger partial charge < -0.3 is 11.1 Å². The summed E-state index contributed by atoms with van der Waals surface area (Å²) in [6.07, 6.45) is 0. The fourth-order valence-corrected chi connectivity index (χ4v) is 2.42. The Morgan fingerprint density at radius 3 is 2.67 bits per heavy atom. The summed E-state index contributed by atoms with van der Waals surface area (Å²) in [6, 6.07) is 1.87. The third-order valence-electron chi connectivity index (χ3n) is 2.04. The Labute approximate surface area is 102 Å². The van der Waals surface area contributed by atoms with E-state index in [1.54, 1.807) is 0 Å². The number of rotatable bonds is 3. The number of nitrogens with one attached hydrogen (secondary N) is 1. The van der Waals surface area contributed by atoms with Crippen LogP contribution in [0, 0.1) is 6.92 Å². The highest BCUT2D eigenvalue weighted by molar-refractivity contribution is 9.11. The first-order valence-corrected chi connectivity index (χ1v) is 6.25. The van der Waals surface area contributed by atoms with Gasteiger partial charge in [-0.15, -0.1) is 11.3 Å². The van der Waals surface area contributed by atoms with Crippen LogP contribution < -0.4 is 11.1 Å². The number of hydrogen-bond acceptors (Lipinski definition) is 3. The van der Waals surface area contributed by atoms with E-state index in [9.17, 15) is 4.79 Å². The number of nitrogens with two attached hydrogens (primary N) is 1. The van der Waals surface area contributed by atoms with Crippen LogP contribution >= 0.6 is 27.3 Å². The molecule has 0 aliphatic heterocycles. The second-order valence-electron chi connectivity index (χ2n) is 4.11. The third-order valence-corrected chi connectivity index (χ3v) is 4.18. The van der Waals surface area contributed by atoms with Crippen LogP contribution in [0.3, 0.4) is 0 Å². The quantitative estimate of drug-likeness (QED) is 0.897. The average molecular weight is 291 g/mol. The summed E-state index contributed by atoms with van der Waals surface area (Å²) < 4.78 is 0.998. The van der Waals surface area contributed by atoms with E-state index in [4.69, 9.17) is 5.73 Å². The van der Waals surface area contributed by atoms with Gasteiger partial charge in [0, 0.05) is 12.1 Å². The van der Waals surface area contributed by atoms with Crippen molar-refractivity contribution in [1.82, 2.24) is 5.32 Å². The molecule has 0 spiro atoms. The molecule has 0 aliphatic rings. The fourth-order valence-electron chi connectivity index (χ4n) is 0.992. The van der Waals surface area contributed by atoms with E-state index in [0.29, 0.717) is 11.4 Å². The Kier molecular flexibility index (Phi) is 3.92. The van der Waals surface area contributed by atoms with Crippen molar-refractivity contribution < 1.29 is 4.79 Å². The monoisotopic (exact) mass is 290 g/mol. The van der Waals surface area contributed by atoms with Crippen LogP contribution in [-0.2, 0) is 0 Å². The smallest absolute Gasteiger partial charge is 0.261 e. The number of hydrogen-bond donors (Lipinski definition) is 2. The summed E-state index contributed by atoms with van der Waals surface area (Å²) in [4.78, 5) is 12.5.